The molecular formula is C16H21N3O5. The van der Waals surface area contributed by atoms with Crippen LogP contribution in [0.25, 0.3) is 0 Å². The highest BCUT2D eigenvalue weighted by molar-refractivity contribution is 6.37. The SMILES string of the molecule is COC(=O)C(=O)Nc1ccc(N2CCC(C)(C(=O)OC)CC2)nc1. The molecule has 0 aromatic carbocycles. The number of carbonyl (C=O) groups is 3. The van der Waals surface area contributed by atoms with E-state index in [2.05, 4.69) is 19.9 Å². The van der Waals surface area contributed by atoms with Gasteiger partial charge < -0.3 is 19.7 Å². The molecule has 1 fully saturated rings. The molecule has 2 heterocycles. The summed E-state index contributed by atoms with van der Waals surface area (Å²) in [6.07, 6.45) is 2.84. The number of ether oxygens (including phenoxy) is 2. The molecule has 1 aromatic heterocycles. The maximum Gasteiger partial charge on any atom is 0.396 e. The number of nitrogens with one attached hydrogen (secondary N) is 1. The van der Waals surface area contributed by atoms with Crippen LogP contribution in [0.15, 0.2) is 18.3 Å². The fourth-order valence-electron chi connectivity index (χ4n) is 2.60. The molecule has 1 saturated heterocycles. The molecule has 8 nitrogen and oxygen atoms in total. The van der Waals surface area contributed by atoms with Crippen LogP contribution in [-0.2, 0) is 23.9 Å². The van der Waals surface area contributed by atoms with Gasteiger partial charge in [0.05, 0.1) is 31.5 Å². The number of aromatic nitrogens is 1. The molecule has 0 radical (unpaired) electrons. The summed E-state index contributed by atoms with van der Waals surface area (Å²) in [6.45, 7) is 3.29. The van der Waals surface area contributed by atoms with Gasteiger partial charge in [0, 0.05) is 13.1 Å². The first-order valence-electron chi connectivity index (χ1n) is 7.58. The van der Waals surface area contributed by atoms with E-state index >= 15 is 0 Å². The van der Waals surface area contributed by atoms with Crippen LogP contribution >= 0.6 is 0 Å². The lowest BCUT2D eigenvalue weighted by molar-refractivity contribution is -0.153. The molecular weight excluding hydrogens is 314 g/mol. The molecule has 1 amide bonds. The summed E-state index contributed by atoms with van der Waals surface area (Å²) >= 11 is 0. The third-order valence-corrected chi connectivity index (χ3v) is 4.25. The lowest BCUT2D eigenvalue weighted by Gasteiger charge is -2.37. The van der Waals surface area contributed by atoms with E-state index in [-0.39, 0.29) is 5.97 Å². The second-order valence-corrected chi connectivity index (χ2v) is 5.89. The first kappa shape index (κ1) is 17.7. The molecule has 130 valence electrons. The number of carbonyl (C=O) groups excluding carboxylic acids is 3. The van der Waals surface area contributed by atoms with Crippen molar-refractivity contribution in [1.29, 1.82) is 0 Å². The van der Waals surface area contributed by atoms with Crippen LogP contribution in [-0.4, -0.2) is 50.1 Å². The van der Waals surface area contributed by atoms with Crippen molar-refractivity contribution in [3.8, 4) is 0 Å². The number of pyridine rings is 1. The lowest BCUT2D eigenvalue weighted by Crippen LogP contribution is -2.43. The summed E-state index contributed by atoms with van der Waals surface area (Å²) in [6, 6.07) is 3.42. The Morgan fingerprint density at radius 3 is 2.33 bits per heavy atom. The van der Waals surface area contributed by atoms with Crippen LogP contribution in [0.5, 0.6) is 0 Å². The second kappa shape index (κ2) is 7.29. The lowest BCUT2D eigenvalue weighted by atomic mass is 9.80. The minimum Gasteiger partial charge on any atom is -0.469 e. The standard InChI is InChI=1S/C16H21N3O5/c1-16(15(22)24-3)6-8-19(9-7-16)12-5-4-11(10-17-12)18-13(20)14(21)23-2/h4-5,10H,6-9H2,1-3H3,(H,18,20). The maximum absolute atomic E-state index is 11.8. The molecule has 0 spiro atoms. The van der Waals surface area contributed by atoms with Gasteiger partial charge in [0.25, 0.3) is 0 Å². The second-order valence-electron chi connectivity index (χ2n) is 5.89. The zero-order chi connectivity index (χ0) is 17.7. The number of amides is 1. The predicted molar refractivity (Wildman–Crippen MR) is 86.5 cm³/mol. The van der Waals surface area contributed by atoms with Crippen molar-refractivity contribution in [3.05, 3.63) is 18.3 Å². The van der Waals surface area contributed by atoms with Gasteiger partial charge in [0.1, 0.15) is 5.82 Å². The smallest absolute Gasteiger partial charge is 0.396 e. The van der Waals surface area contributed by atoms with Crippen LogP contribution in [0.2, 0.25) is 0 Å². The van der Waals surface area contributed by atoms with Crippen LogP contribution in [0.4, 0.5) is 11.5 Å². The summed E-state index contributed by atoms with van der Waals surface area (Å²) in [5.41, 5.74) is -0.0507. The number of methoxy groups -OCH3 is 2. The number of anilines is 2. The Balaban J connectivity index is 1.96. The molecule has 1 aliphatic heterocycles. The van der Waals surface area contributed by atoms with E-state index in [9.17, 15) is 14.4 Å². The molecule has 0 bridgehead atoms. The highest BCUT2D eigenvalue weighted by Crippen LogP contribution is 2.33. The number of nitrogens with zero attached hydrogens (tertiary/aromatic N) is 2. The summed E-state index contributed by atoms with van der Waals surface area (Å²) in [4.78, 5) is 40.7. The molecule has 0 aliphatic carbocycles. The summed E-state index contributed by atoms with van der Waals surface area (Å²) in [5.74, 6) is -1.25. The third-order valence-electron chi connectivity index (χ3n) is 4.25. The Morgan fingerprint density at radius 1 is 1.17 bits per heavy atom. The zero-order valence-corrected chi connectivity index (χ0v) is 14.0. The van der Waals surface area contributed by atoms with E-state index in [1.807, 2.05) is 6.92 Å². The molecule has 0 unspecified atom stereocenters. The zero-order valence-electron chi connectivity index (χ0n) is 14.0. The molecule has 8 heteroatoms. The number of piperidine rings is 1. The number of hydrogen-bond donors (Lipinski definition) is 1. The quantitative estimate of drug-likeness (QED) is 0.649. The van der Waals surface area contributed by atoms with Crippen molar-refractivity contribution in [3.63, 3.8) is 0 Å². The highest BCUT2D eigenvalue weighted by Gasteiger charge is 2.38. The fourth-order valence-corrected chi connectivity index (χ4v) is 2.60. The molecule has 1 aromatic rings. The van der Waals surface area contributed by atoms with Crippen molar-refractivity contribution in [2.24, 2.45) is 5.41 Å². The van der Waals surface area contributed by atoms with Crippen molar-refractivity contribution >= 4 is 29.4 Å². The highest BCUT2D eigenvalue weighted by atomic mass is 16.5. The van der Waals surface area contributed by atoms with Crippen molar-refractivity contribution in [2.45, 2.75) is 19.8 Å². The number of esters is 2. The molecule has 2 rings (SSSR count). The Labute approximate surface area is 140 Å². The third kappa shape index (κ3) is 3.81. The minimum atomic E-state index is -0.961. The number of hydrogen-bond acceptors (Lipinski definition) is 7. The Morgan fingerprint density at radius 2 is 1.83 bits per heavy atom. The van der Waals surface area contributed by atoms with Crippen LogP contribution in [0.1, 0.15) is 19.8 Å². The van der Waals surface area contributed by atoms with Gasteiger partial charge in [-0.2, -0.15) is 0 Å². The average Bonchev–Trinajstić information content (AvgIpc) is 2.61. The summed E-state index contributed by atoms with van der Waals surface area (Å²) in [7, 11) is 2.55. The Bertz CT molecular complexity index is 621. The average molecular weight is 335 g/mol. The summed E-state index contributed by atoms with van der Waals surface area (Å²) in [5, 5.41) is 2.40. The van der Waals surface area contributed by atoms with Gasteiger partial charge in [-0.25, -0.2) is 9.78 Å². The van der Waals surface area contributed by atoms with Gasteiger partial charge in [-0.1, -0.05) is 0 Å². The monoisotopic (exact) mass is 335 g/mol. The number of rotatable bonds is 3. The fraction of sp³-hybridized carbons (Fsp3) is 0.500. The normalized spacial score (nSPS) is 16.2. The molecule has 0 saturated carbocycles. The van der Waals surface area contributed by atoms with E-state index < -0.39 is 17.3 Å². The molecule has 1 aliphatic rings. The van der Waals surface area contributed by atoms with Crippen LogP contribution in [0.3, 0.4) is 0 Å². The van der Waals surface area contributed by atoms with E-state index in [0.717, 1.165) is 12.9 Å². The largest absolute Gasteiger partial charge is 0.469 e. The van der Waals surface area contributed by atoms with E-state index in [1.54, 1.807) is 12.1 Å². The van der Waals surface area contributed by atoms with Crippen molar-refractivity contribution < 1.29 is 23.9 Å². The van der Waals surface area contributed by atoms with Crippen molar-refractivity contribution in [1.82, 2.24) is 4.98 Å². The topological polar surface area (TPSA) is 97.8 Å². The van der Waals surface area contributed by atoms with E-state index in [1.165, 1.54) is 13.3 Å². The van der Waals surface area contributed by atoms with Gasteiger partial charge >= 0.3 is 17.8 Å². The van der Waals surface area contributed by atoms with Crippen LogP contribution in [0, 0.1) is 5.41 Å². The molecule has 0 atom stereocenters. The van der Waals surface area contributed by atoms with E-state index in [0.29, 0.717) is 31.6 Å². The first-order chi connectivity index (χ1) is 11.4. The van der Waals surface area contributed by atoms with Gasteiger partial charge in [-0.3, -0.25) is 9.59 Å². The van der Waals surface area contributed by atoms with Gasteiger partial charge in [0.15, 0.2) is 0 Å². The van der Waals surface area contributed by atoms with Gasteiger partial charge in [-0.05, 0) is 31.9 Å². The Hall–Kier alpha value is -2.64. The maximum atomic E-state index is 11.8. The minimum absolute atomic E-state index is 0.184. The summed E-state index contributed by atoms with van der Waals surface area (Å²) < 4.78 is 9.20. The van der Waals surface area contributed by atoms with Crippen molar-refractivity contribution in [2.75, 3.05) is 37.5 Å². The van der Waals surface area contributed by atoms with E-state index in [4.69, 9.17) is 4.74 Å². The molecule has 24 heavy (non-hydrogen) atoms. The van der Waals surface area contributed by atoms with Crippen LogP contribution < -0.4 is 10.2 Å². The molecule has 1 N–H and O–H groups in total. The first-order valence-corrected chi connectivity index (χ1v) is 7.58. The predicted octanol–water partition coefficient (Wildman–Crippen LogP) is 0.973. The Kier molecular flexibility index (Phi) is 5.38. The van der Waals surface area contributed by atoms with Gasteiger partial charge in [0.2, 0.25) is 0 Å². The van der Waals surface area contributed by atoms with Gasteiger partial charge in [-0.15, -0.1) is 0 Å².